The number of hydrazone groups is 1. The number of anilines is 1. The topological polar surface area (TPSA) is 97.5 Å². The molecule has 3 aromatic carbocycles. The molecule has 1 atom stereocenters. The van der Waals surface area contributed by atoms with Crippen LogP contribution in [0.15, 0.2) is 99.1 Å². The van der Waals surface area contributed by atoms with Crippen LogP contribution in [0.25, 0.3) is 0 Å². The van der Waals surface area contributed by atoms with E-state index in [1.165, 1.54) is 17.1 Å². The quantitative estimate of drug-likeness (QED) is 0.327. The molecule has 7 nitrogen and oxygen atoms in total. The van der Waals surface area contributed by atoms with Gasteiger partial charge in [0.2, 0.25) is 0 Å². The maximum atomic E-state index is 11.7. The zero-order valence-corrected chi connectivity index (χ0v) is 20.2. The summed E-state index contributed by atoms with van der Waals surface area (Å²) < 4.78 is 35.1. The van der Waals surface area contributed by atoms with Crippen molar-refractivity contribution in [3.63, 3.8) is 0 Å². The number of hydrogen-bond donors (Lipinski definition) is 0. The van der Waals surface area contributed by atoms with Crippen molar-refractivity contribution in [2.75, 3.05) is 11.6 Å². The molecule has 0 spiro atoms. The van der Waals surface area contributed by atoms with Crippen LogP contribution in [0.1, 0.15) is 5.56 Å². The summed E-state index contributed by atoms with van der Waals surface area (Å²) in [6.07, 6.45) is 0. The van der Waals surface area contributed by atoms with Crippen LogP contribution >= 0.6 is 11.6 Å². The standard InChI is InChI=1S/C21H17ClN4O3S.Na/c22-16-10-4-5-11-17(16)23-24-18-14-26(25-21(18)15-8-2-1-3-9-15)19-12-6-7-13-20(19)30(27,28)29;/h1-13,18H,14H2,(H,27,28,29);/q;+1/p-1. The average molecular weight is 463 g/mol. The summed E-state index contributed by atoms with van der Waals surface area (Å²) in [5.74, 6) is 0. The first-order valence-electron chi connectivity index (χ1n) is 9.05. The SMILES string of the molecule is O=S(=O)([O-])c1ccccc1N1CC(N=Nc2ccccc2Cl)C(c2ccccc2)=N1.[Na+]. The summed E-state index contributed by atoms with van der Waals surface area (Å²) in [6.45, 7) is 0.227. The number of nitrogens with zero attached hydrogens (tertiary/aromatic N) is 4. The Bertz CT molecular complexity index is 1240. The Labute approximate surface area is 207 Å². The average Bonchev–Trinajstić information content (AvgIpc) is 3.17. The molecule has 0 saturated heterocycles. The minimum absolute atomic E-state index is 0. The number of benzene rings is 3. The molecule has 1 heterocycles. The van der Waals surface area contributed by atoms with E-state index in [0.717, 1.165) is 5.56 Å². The van der Waals surface area contributed by atoms with E-state index in [9.17, 15) is 13.0 Å². The molecule has 0 fully saturated rings. The van der Waals surface area contributed by atoms with Crippen LogP contribution in [0.2, 0.25) is 5.02 Å². The van der Waals surface area contributed by atoms with Gasteiger partial charge in [0.25, 0.3) is 0 Å². The molecular weight excluding hydrogens is 447 g/mol. The van der Waals surface area contributed by atoms with Gasteiger partial charge < -0.3 is 4.55 Å². The Balaban J connectivity index is 0.00000272. The predicted octanol–water partition coefficient (Wildman–Crippen LogP) is 1.62. The van der Waals surface area contributed by atoms with E-state index in [1.54, 1.807) is 30.3 Å². The van der Waals surface area contributed by atoms with Crippen molar-refractivity contribution < 1.29 is 42.5 Å². The molecule has 0 amide bonds. The molecule has 152 valence electrons. The van der Waals surface area contributed by atoms with E-state index in [4.69, 9.17) is 11.6 Å². The van der Waals surface area contributed by atoms with E-state index >= 15 is 0 Å². The second-order valence-electron chi connectivity index (χ2n) is 6.54. The van der Waals surface area contributed by atoms with Crippen molar-refractivity contribution in [3.8, 4) is 0 Å². The summed E-state index contributed by atoms with van der Waals surface area (Å²) in [5.41, 5.74) is 2.17. The summed E-state index contributed by atoms with van der Waals surface area (Å²) in [6, 6.07) is 22.0. The zero-order chi connectivity index (χ0) is 21.1. The number of azo groups is 1. The van der Waals surface area contributed by atoms with Gasteiger partial charge in [-0.2, -0.15) is 15.3 Å². The van der Waals surface area contributed by atoms with Crippen molar-refractivity contribution in [1.82, 2.24) is 0 Å². The molecule has 0 N–H and O–H groups in total. The second kappa shape index (κ2) is 10.0. The third-order valence-corrected chi connectivity index (χ3v) is 5.73. The Kier molecular flexibility index (Phi) is 7.64. The monoisotopic (exact) mass is 462 g/mol. The van der Waals surface area contributed by atoms with Gasteiger partial charge in [0, 0.05) is 5.56 Å². The van der Waals surface area contributed by atoms with Gasteiger partial charge in [-0.3, -0.25) is 5.01 Å². The van der Waals surface area contributed by atoms with Crippen molar-refractivity contribution in [1.29, 1.82) is 0 Å². The van der Waals surface area contributed by atoms with Crippen molar-refractivity contribution in [2.45, 2.75) is 10.9 Å². The fourth-order valence-electron chi connectivity index (χ4n) is 3.14. The van der Waals surface area contributed by atoms with E-state index in [2.05, 4.69) is 15.3 Å². The van der Waals surface area contributed by atoms with Gasteiger partial charge in [-0.1, -0.05) is 66.2 Å². The van der Waals surface area contributed by atoms with E-state index < -0.39 is 16.2 Å². The Morgan fingerprint density at radius 3 is 2.32 bits per heavy atom. The molecule has 10 heteroatoms. The van der Waals surface area contributed by atoms with Gasteiger partial charge in [-0.25, -0.2) is 8.42 Å². The minimum atomic E-state index is -4.66. The van der Waals surface area contributed by atoms with Gasteiger partial charge in [0.15, 0.2) is 0 Å². The minimum Gasteiger partial charge on any atom is -0.744 e. The Hall–Kier alpha value is -2.07. The van der Waals surface area contributed by atoms with Gasteiger partial charge >= 0.3 is 29.6 Å². The molecule has 0 saturated carbocycles. The van der Waals surface area contributed by atoms with Crippen molar-refractivity contribution in [2.24, 2.45) is 15.3 Å². The van der Waals surface area contributed by atoms with Crippen molar-refractivity contribution in [3.05, 3.63) is 89.4 Å². The molecule has 3 aromatic rings. The van der Waals surface area contributed by atoms with Crippen LogP contribution in [0, 0.1) is 0 Å². The first-order valence-corrected chi connectivity index (χ1v) is 10.8. The first-order chi connectivity index (χ1) is 14.4. The molecule has 1 aliphatic rings. The molecule has 31 heavy (non-hydrogen) atoms. The van der Waals surface area contributed by atoms with Gasteiger partial charge in [0.1, 0.15) is 21.8 Å². The molecule has 0 radical (unpaired) electrons. The van der Waals surface area contributed by atoms with Crippen LogP contribution < -0.4 is 34.6 Å². The van der Waals surface area contributed by atoms with Crippen LogP contribution in [0.5, 0.6) is 0 Å². The molecule has 0 bridgehead atoms. The first kappa shape index (κ1) is 23.6. The van der Waals surface area contributed by atoms with Crippen LogP contribution in [0.3, 0.4) is 0 Å². The van der Waals surface area contributed by atoms with Gasteiger partial charge in [0.05, 0.1) is 27.9 Å². The summed E-state index contributed by atoms with van der Waals surface area (Å²) in [5, 5.41) is 15.2. The maximum absolute atomic E-state index is 11.7. The van der Waals surface area contributed by atoms with Gasteiger partial charge in [-0.15, -0.1) is 0 Å². The van der Waals surface area contributed by atoms with E-state index in [0.29, 0.717) is 16.4 Å². The normalized spacial score (nSPS) is 16.3. The summed E-state index contributed by atoms with van der Waals surface area (Å²) in [4.78, 5) is -0.329. The molecule has 1 aliphatic heterocycles. The van der Waals surface area contributed by atoms with E-state index in [1.807, 2.05) is 36.4 Å². The molecular formula is C21H16ClN4NaO3S. The largest absolute Gasteiger partial charge is 1.00 e. The van der Waals surface area contributed by atoms with Crippen LogP contribution in [0.4, 0.5) is 11.4 Å². The Morgan fingerprint density at radius 1 is 0.968 bits per heavy atom. The molecule has 1 unspecified atom stereocenters. The number of hydrogen-bond acceptors (Lipinski definition) is 7. The predicted molar refractivity (Wildman–Crippen MR) is 114 cm³/mol. The molecule has 4 rings (SSSR count). The van der Waals surface area contributed by atoms with Gasteiger partial charge in [-0.05, 0) is 24.3 Å². The van der Waals surface area contributed by atoms with Crippen LogP contribution in [-0.2, 0) is 10.1 Å². The fraction of sp³-hybridized carbons (Fsp3) is 0.0952. The Morgan fingerprint density at radius 2 is 1.61 bits per heavy atom. The number of para-hydroxylation sites is 1. The number of rotatable bonds is 5. The summed E-state index contributed by atoms with van der Waals surface area (Å²) in [7, 11) is -4.66. The van der Waals surface area contributed by atoms with Crippen LogP contribution in [-0.4, -0.2) is 31.3 Å². The molecule has 0 aromatic heterocycles. The fourth-order valence-corrected chi connectivity index (χ4v) is 3.99. The third-order valence-electron chi connectivity index (χ3n) is 4.53. The molecule has 0 aliphatic carbocycles. The van der Waals surface area contributed by atoms with Crippen molar-refractivity contribution >= 4 is 38.8 Å². The second-order valence-corrected chi connectivity index (χ2v) is 8.29. The third kappa shape index (κ3) is 5.41. The summed E-state index contributed by atoms with van der Waals surface area (Å²) >= 11 is 6.16. The maximum Gasteiger partial charge on any atom is 1.00 e. The smallest absolute Gasteiger partial charge is 0.744 e. The zero-order valence-electron chi connectivity index (χ0n) is 16.6. The van der Waals surface area contributed by atoms with E-state index in [-0.39, 0.29) is 46.7 Å². The number of halogens is 1.